The smallest absolute Gasteiger partial charge is 0.230 e. The molecule has 0 aliphatic carbocycles. The molecule has 5 nitrogen and oxygen atoms in total. The van der Waals surface area contributed by atoms with Crippen LogP contribution in [0.25, 0.3) is 10.9 Å². The largest absolute Gasteiger partial charge is 0.358 e. The summed E-state index contributed by atoms with van der Waals surface area (Å²) in [6.45, 7) is 5.73. The normalized spacial score (nSPS) is 20.7. The predicted molar refractivity (Wildman–Crippen MR) is 91.3 cm³/mol. The molecule has 2 N–H and O–H groups in total. The Morgan fingerprint density at radius 2 is 2.00 bits per heavy atom. The molecule has 6 heteroatoms. The highest BCUT2D eigenvalue weighted by molar-refractivity contribution is 7.91. The molecule has 1 unspecified atom stereocenters. The number of amides is 1. The zero-order valence-corrected chi connectivity index (χ0v) is 14.5. The number of aromatic nitrogens is 1. The second-order valence-electron chi connectivity index (χ2n) is 6.87. The molecule has 23 heavy (non-hydrogen) atoms. The van der Waals surface area contributed by atoms with Crippen LogP contribution >= 0.6 is 0 Å². The van der Waals surface area contributed by atoms with Gasteiger partial charge in [0, 0.05) is 22.6 Å². The number of aryl methyl sites for hydroxylation is 1. The van der Waals surface area contributed by atoms with E-state index in [1.54, 1.807) is 0 Å². The molecule has 124 valence electrons. The summed E-state index contributed by atoms with van der Waals surface area (Å²) in [5.41, 5.74) is 2.19. The van der Waals surface area contributed by atoms with Crippen LogP contribution in [0.1, 0.15) is 31.5 Å². The standard InChI is InChI=1S/C17H22N2O3S/c1-11-15(13-6-4-5-7-14(13)18-11)17(2,3)16(20)19-12-8-9-23(21,22)10-12/h4-7,12,18H,8-10H2,1-3H3,(H,19,20). The number of hydrogen-bond acceptors (Lipinski definition) is 3. The number of fused-ring (bicyclic) bond motifs is 1. The third-order valence-corrected chi connectivity index (χ3v) is 6.42. The fraction of sp³-hybridized carbons (Fsp3) is 0.471. The molecule has 1 aliphatic rings. The van der Waals surface area contributed by atoms with Gasteiger partial charge in [-0.25, -0.2) is 8.42 Å². The van der Waals surface area contributed by atoms with Gasteiger partial charge in [-0.1, -0.05) is 18.2 Å². The first-order chi connectivity index (χ1) is 10.7. The van der Waals surface area contributed by atoms with Crippen molar-refractivity contribution < 1.29 is 13.2 Å². The van der Waals surface area contributed by atoms with Crippen LogP contribution < -0.4 is 5.32 Å². The number of carbonyl (C=O) groups excluding carboxylic acids is 1. The number of H-pyrrole nitrogens is 1. The number of aromatic amines is 1. The average Bonchev–Trinajstić information content (AvgIpc) is 2.97. The van der Waals surface area contributed by atoms with Gasteiger partial charge >= 0.3 is 0 Å². The number of hydrogen-bond donors (Lipinski definition) is 2. The van der Waals surface area contributed by atoms with Crippen LogP contribution in [-0.4, -0.2) is 36.9 Å². The Kier molecular flexibility index (Phi) is 3.75. The van der Waals surface area contributed by atoms with E-state index in [-0.39, 0.29) is 23.5 Å². The highest BCUT2D eigenvalue weighted by Crippen LogP contribution is 2.34. The highest BCUT2D eigenvalue weighted by Gasteiger charge is 2.37. The number of benzene rings is 1. The molecular formula is C17H22N2O3S. The van der Waals surface area contributed by atoms with E-state index in [0.717, 1.165) is 22.2 Å². The van der Waals surface area contributed by atoms with E-state index in [2.05, 4.69) is 10.3 Å². The van der Waals surface area contributed by atoms with Gasteiger partial charge in [-0.15, -0.1) is 0 Å². The summed E-state index contributed by atoms with van der Waals surface area (Å²) in [7, 11) is -3.00. The van der Waals surface area contributed by atoms with Crippen molar-refractivity contribution in [1.29, 1.82) is 0 Å². The van der Waals surface area contributed by atoms with Crippen molar-refractivity contribution >= 4 is 26.6 Å². The molecular weight excluding hydrogens is 312 g/mol. The van der Waals surface area contributed by atoms with E-state index in [4.69, 9.17) is 0 Å². The highest BCUT2D eigenvalue weighted by atomic mass is 32.2. The van der Waals surface area contributed by atoms with E-state index in [0.29, 0.717) is 6.42 Å². The lowest BCUT2D eigenvalue weighted by molar-refractivity contribution is -0.126. The molecule has 0 saturated carbocycles. The zero-order valence-electron chi connectivity index (χ0n) is 13.6. The summed E-state index contributed by atoms with van der Waals surface area (Å²) >= 11 is 0. The lowest BCUT2D eigenvalue weighted by atomic mass is 9.81. The molecule has 0 bridgehead atoms. The van der Waals surface area contributed by atoms with E-state index in [1.165, 1.54) is 0 Å². The molecule has 1 aliphatic heterocycles. The van der Waals surface area contributed by atoms with E-state index in [1.807, 2.05) is 45.0 Å². The molecule has 3 rings (SSSR count). The minimum Gasteiger partial charge on any atom is -0.358 e. The molecule has 1 aromatic carbocycles. The second kappa shape index (κ2) is 5.37. The number of nitrogens with one attached hydrogen (secondary N) is 2. The molecule has 0 radical (unpaired) electrons. The Hall–Kier alpha value is -1.82. The summed E-state index contributed by atoms with van der Waals surface area (Å²) in [5, 5.41) is 3.95. The van der Waals surface area contributed by atoms with Gasteiger partial charge < -0.3 is 10.3 Å². The van der Waals surface area contributed by atoms with E-state index >= 15 is 0 Å². The van der Waals surface area contributed by atoms with Gasteiger partial charge in [0.25, 0.3) is 0 Å². The number of sulfone groups is 1. The molecule has 1 atom stereocenters. The summed E-state index contributed by atoms with van der Waals surface area (Å²) in [6, 6.07) is 7.62. The van der Waals surface area contributed by atoms with Crippen LogP contribution in [0, 0.1) is 6.92 Å². The Bertz CT molecular complexity index is 865. The Morgan fingerprint density at radius 1 is 1.30 bits per heavy atom. The minimum absolute atomic E-state index is 0.0433. The molecule has 2 aromatic rings. The number of carbonyl (C=O) groups is 1. The molecule has 1 saturated heterocycles. The molecule has 2 heterocycles. The fourth-order valence-corrected chi connectivity index (χ4v) is 5.14. The van der Waals surface area contributed by atoms with Crippen LogP contribution in [0.2, 0.25) is 0 Å². The summed E-state index contributed by atoms with van der Waals surface area (Å²) < 4.78 is 23.1. The maximum absolute atomic E-state index is 12.8. The molecule has 1 fully saturated rings. The Morgan fingerprint density at radius 3 is 2.65 bits per heavy atom. The predicted octanol–water partition coefficient (Wildman–Crippen LogP) is 2.06. The van der Waals surface area contributed by atoms with Crippen molar-refractivity contribution in [2.45, 2.75) is 38.6 Å². The van der Waals surface area contributed by atoms with Gasteiger partial charge in [0.1, 0.15) is 0 Å². The lowest BCUT2D eigenvalue weighted by Crippen LogP contribution is -2.45. The van der Waals surface area contributed by atoms with E-state index < -0.39 is 15.3 Å². The van der Waals surface area contributed by atoms with Crippen molar-refractivity contribution in [3.63, 3.8) is 0 Å². The molecule has 1 aromatic heterocycles. The van der Waals surface area contributed by atoms with Gasteiger partial charge in [0.2, 0.25) is 5.91 Å². The van der Waals surface area contributed by atoms with E-state index in [9.17, 15) is 13.2 Å². The van der Waals surface area contributed by atoms with Gasteiger partial charge in [0.15, 0.2) is 9.84 Å². The average molecular weight is 334 g/mol. The number of para-hydroxylation sites is 1. The van der Waals surface area contributed by atoms with Crippen molar-refractivity contribution in [2.75, 3.05) is 11.5 Å². The molecule has 0 spiro atoms. The Balaban J connectivity index is 1.91. The van der Waals surface area contributed by atoms with Gasteiger partial charge in [0.05, 0.1) is 16.9 Å². The first-order valence-electron chi connectivity index (χ1n) is 7.80. The van der Waals surface area contributed by atoms with Gasteiger partial charge in [-0.05, 0) is 38.8 Å². The summed E-state index contributed by atoms with van der Waals surface area (Å²) in [4.78, 5) is 16.1. The van der Waals surface area contributed by atoms with Crippen LogP contribution in [0.3, 0.4) is 0 Å². The van der Waals surface area contributed by atoms with Crippen molar-refractivity contribution in [3.8, 4) is 0 Å². The van der Waals surface area contributed by atoms with Crippen LogP contribution in [0.15, 0.2) is 24.3 Å². The number of rotatable bonds is 3. The summed E-state index contributed by atoms with van der Waals surface area (Å²) in [5.74, 6) is 0.0686. The maximum atomic E-state index is 12.8. The lowest BCUT2D eigenvalue weighted by Gasteiger charge is -2.26. The summed E-state index contributed by atoms with van der Waals surface area (Å²) in [6.07, 6.45) is 0.497. The van der Waals surface area contributed by atoms with Crippen LogP contribution in [-0.2, 0) is 20.0 Å². The first kappa shape index (κ1) is 16.1. The minimum atomic E-state index is -3.00. The van der Waals surface area contributed by atoms with Crippen molar-refractivity contribution in [3.05, 3.63) is 35.5 Å². The Labute approximate surface area is 136 Å². The quantitative estimate of drug-likeness (QED) is 0.902. The second-order valence-corrected chi connectivity index (χ2v) is 9.10. The third-order valence-electron chi connectivity index (χ3n) is 4.65. The topological polar surface area (TPSA) is 79.0 Å². The molecule has 1 amide bonds. The monoisotopic (exact) mass is 334 g/mol. The van der Waals surface area contributed by atoms with Crippen molar-refractivity contribution in [1.82, 2.24) is 10.3 Å². The fourth-order valence-electron chi connectivity index (χ4n) is 3.47. The first-order valence-corrected chi connectivity index (χ1v) is 9.62. The van der Waals surface area contributed by atoms with Gasteiger partial charge in [-0.3, -0.25) is 4.79 Å². The van der Waals surface area contributed by atoms with Gasteiger partial charge in [-0.2, -0.15) is 0 Å². The van der Waals surface area contributed by atoms with Crippen molar-refractivity contribution in [2.24, 2.45) is 0 Å². The van der Waals surface area contributed by atoms with Crippen LogP contribution in [0.5, 0.6) is 0 Å². The third kappa shape index (κ3) is 2.87. The van der Waals surface area contributed by atoms with Crippen LogP contribution in [0.4, 0.5) is 0 Å². The maximum Gasteiger partial charge on any atom is 0.230 e. The SMILES string of the molecule is Cc1[nH]c2ccccc2c1C(C)(C)C(=O)NC1CCS(=O)(=O)C1. The zero-order chi connectivity index (χ0) is 16.8.